The van der Waals surface area contributed by atoms with Crippen molar-refractivity contribution in [2.75, 3.05) is 26.4 Å². The van der Waals surface area contributed by atoms with E-state index >= 15 is 0 Å². The van der Waals surface area contributed by atoms with Crippen LogP contribution in [0.5, 0.6) is 5.75 Å². The SMILES string of the molecule is O=C(N[C@@H](COCCNC(=O)Oc1ccc([N+](=O)[O-])cc1)C(=O)O)OCC1c2ccccc2-c2ccccc21. The van der Waals surface area contributed by atoms with Crippen molar-refractivity contribution in [1.29, 1.82) is 0 Å². The lowest BCUT2D eigenvalue weighted by molar-refractivity contribution is -0.384. The third-order valence-corrected chi connectivity index (χ3v) is 5.99. The summed E-state index contributed by atoms with van der Waals surface area (Å²) in [7, 11) is 0. The molecular weight excluding hydrogens is 510 g/mol. The molecule has 3 aromatic rings. The normalized spacial score (nSPS) is 12.5. The third kappa shape index (κ3) is 6.87. The Bertz CT molecular complexity index is 1320. The monoisotopic (exact) mass is 535 g/mol. The zero-order valence-corrected chi connectivity index (χ0v) is 20.6. The molecule has 39 heavy (non-hydrogen) atoms. The van der Waals surface area contributed by atoms with Crippen LogP contribution in [0.2, 0.25) is 0 Å². The summed E-state index contributed by atoms with van der Waals surface area (Å²) in [5.74, 6) is -1.37. The second kappa shape index (κ2) is 12.5. The molecule has 1 aliphatic carbocycles. The number of nitrogens with one attached hydrogen (secondary N) is 2. The van der Waals surface area contributed by atoms with Crippen LogP contribution >= 0.6 is 0 Å². The van der Waals surface area contributed by atoms with Crippen molar-refractivity contribution >= 4 is 23.8 Å². The van der Waals surface area contributed by atoms with E-state index in [9.17, 15) is 29.6 Å². The van der Waals surface area contributed by atoms with Gasteiger partial charge in [-0.2, -0.15) is 0 Å². The lowest BCUT2D eigenvalue weighted by atomic mass is 9.98. The molecule has 12 nitrogen and oxygen atoms in total. The van der Waals surface area contributed by atoms with Gasteiger partial charge >= 0.3 is 18.2 Å². The van der Waals surface area contributed by atoms with Crippen molar-refractivity contribution in [3.05, 3.63) is 94.0 Å². The van der Waals surface area contributed by atoms with Crippen molar-refractivity contribution in [2.45, 2.75) is 12.0 Å². The summed E-state index contributed by atoms with van der Waals surface area (Å²) in [4.78, 5) is 45.9. The van der Waals surface area contributed by atoms with E-state index in [-0.39, 0.29) is 43.7 Å². The molecule has 0 saturated carbocycles. The van der Waals surface area contributed by atoms with Gasteiger partial charge in [0.05, 0.1) is 18.1 Å². The van der Waals surface area contributed by atoms with Gasteiger partial charge in [-0.1, -0.05) is 48.5 Å². The highest BCUT2D eigenvalue weighted by Gasteiger charge is 2.29. The maximum Gasteiger partial charge on any atom is 0.412 e. The van der Waals surface area contributed by atoms with Crippen molar-refractivity contribution in [3.63, 3.8) is 0 Å². The summed E-state index contributed by atoms with van der Waals surface area (Å²) in [6.07, 6.45) is -1.71. The molecule has 0 saturated heterocycles. The average molecular weight is 536 g/mol. The highest BCUT2D eigenvalue weighted by atomic mass is 16.6. The zero-order chi connectivity index (χ0) is 27.8. The molecule has 0 unspecified atom stereocenters. The van der Waals surface area contributed by atoms with E-state index in [4.69, 9.17) is 14.2 Å². The molecule has 0 fully saturated rings. The van der Waals surface area contributed by atoms with Gasteiger partial charge in [-0.25, -0.2) is 14.4 Å². The first kappa shape index (κ1) is 27.1. The number of rotatable bonds is 11. The number of carbonyl (C=O) groups excluding carboxylic acids is 2. The number of nitro benzene ring substituents is 1. The number of fused-ring (bicyclic) bond motifs is 3. The van der Waals surface area contributed by atoms with E-state index < -0.39 is 29.1 Å². The number of hydrogen-bond donors (Lipinski definition) is 3. The van der Waals surface area contributed by atoms with Crippen LogP contribution in [0.1, 0.15) is 17.0 Å². The number of benzene rings is 3. The van der Waals surface area contributed by atoms with Crippen molar-refractivity contribution in [3.8, 4) is 16.9 Å². The molecule has 0 aromatic heterocycles. The number of carboxylic acid groups (broad SMARTS) is 1. The molecule has 202 valence electrons. The number of aliphatic carboxylic acids is 1. The van der Waals surface area contributed by atoms with Crippen molar-refractivity contribution < 1.29 is 38.6 Å². The van der Waals surface area contributed by atoms with Crippen LogP contribution in [0.15, 0.2) is 72.8 Å². The fourth-order valence-corrected chi connectivity index (χ4v) is 4.16. The first-order chi connectivity index (χ1) is 18.8. The van der Waals surface area contributed by atoms with Gasteiger partial charge in [0.15, 0.2) is 6.04 Å². The number of alkyl carbamates (subject to hydrolysis) is 1. The van der Waals surface area contributed by atoms with Crippen LogP contribution < -0.4 is 15.4 Å². The molecule has 0 spiro atoms. The molecular formula is C27H25N3O9. The molecule has 2 amide bonds. The predicted molar refractivity (Wildman–Crippen MR) is 138 cm³/mol. The fraction of sp³-hybridized carbons (Fsp3) is 0.222. The molecule has 3 aromatic carbocycles. The fourth-order valence-electron chi connectivity index (χ4n) is 4.16. The number of non-ortho nitro benzene ring substituents is 1. The minimum atomic E-state index is -1.37. The number of ether oxygens (including phenoxy) is 3. The van der Waals surface area contributed by atoms with Crippen LogP contribution in [0, 0.1) is 10.1 Å². The van der Waals surface area contributed by atoms with Gasteiger partial charge < -0.3 is 30.0 Å². The molecule has 1 atom stereocenters. The predicted octanol–water partition coefficient (Wildman–Crippen LogP) is 3.69. The Morgan fingerprint density at radius 3 is 2.13 bits per heavy atom. The second-order valence-electron chi connectivity index (χ2n) is 8.50. The Morgan fingerprint density at radius 2 is 1.54 bits per heavy atom. The molecule has 0 aliphatic heterocycles. The summed E-state index contributed by atoms with van der Waals surface area (Å²) in [6.45, 7) is -0.402. The molecule has 1 aliphatic rings. The first-order valence-corrected chi connectivity index (χ1v) is 12.0. The van der Waals surface area contributed by atoms with E-state index in [1.54, 1.807) is 0 Å². The second-order valence-corrected chi connectivity index (χ2v) is 8.50. The van der Waals surface area contributed by atoms with Gasteiger partial charge in [0.1, 0.15) is 12.4 Å². The van der Waals surface area contributed by atoms with Crippen LogP contribution in [-0.2, 0) is 14.3 Å². The van der Waals surface area contributed by atoms with Gasteiger partial charge in [0.25, 0.3) is 5.69 Å². The van der Waals surface area contributed by atoms with Gasteiger partial charge in [-0.15, -0.1) is 0 Å². The molecule has 0 radical (unpaired) electrons. The largest absolute Gasteiger partial charge is 0.480 e. The average Bonchev–Trinajstić information content (AvgIpc) is 3.25. The smallest absolute Gasteiger partial charge is 0.412 e. The van der Waals surface area contributed by atoms with Crippen molar-refractivity contribution in [1.82, 2.24) is 10.6 Å². The standard InChI is InChI=1S/C27H25N3O9/c31-25(32)24(16-37-14-13-28-26(33)39-18-11-9-17(10-12-18)30(35)36)29-27(34)38-15-23-21-7-3-1-5-19(21)20-6-2-4-8-22(20)23/h1-12,23-24H,13-16H2,(H,28,33)(H,29,34)(H,31,32)/t24-/m0/s1. The highest BCUT2D eigenvalue weighted by molar-refractivity contribution is 5.81. The minimum Gasteiger partial charge on any atom is -0.480 e. The van der Waals surface area contributed by atoms with Crippen LogP contribution in [0.25, 0.3) is 11.1 Å². The quantitative estimate of drug-likeness (QED) is 0.188. The number of amides is 2. The topological polar surface area (TPSA) is 166 Å². The number of hydrogen-bond acceptors (Lipinski definition) is 8. The van der Waals surface area contributed by atoms with Gasteiger partial charge in [-0.3, -0.25) is 10.1 Å². The number of carboxylic acids is 1. The lowest BCUT2D eigenvalue weighted by Gasteiger charge is -2.17. The summed E-state index contributed by atoms with van der Waals surface area (Å²) >= 11 is 0. The molecule has 0 heterocycles. The Balaban J connectivity index is 1.19. The maximum absolute atomic E-state index is 12.4. The molecule has 3 N–H and O–H groups in total. The zero-order valence-electron chi connectivity index (χ0n) is 20.6. The number of nitrogens with zero attached hydrogens (tertiary/aromatic N) is 1. The summed E-state index contributed by atoms with van der Waals surface area (Å²) in [5, 5.41) is 24.8. The maximum atomic E-state index is 12.4. The number of carbonyl (C=O) groups is 3. The van der Waals surface area contributed by atoms with Gasteiger partial charge in [0, 0.05) is 24.6 Å². The Morgan fingerprint density at radius 1 is 0.923 bits per heavy atom. The molecule has 12 heteroatoms. The van der Waals surface area contributed by atoms with Gasteiger partial charge in [-0.05, 0) is 34.4 Å². The van der Waals surface area contributed by atoms with Crippen LogP contribution in [0.4, 0.5) is 15.3 Å². The van der Waals surface area contributed by atoms with Crippen LogP contribution in [-0.4, -0.2) is 60.6 Å². The van der Waals surface area contributed by atoms with E-state index in [2.05, 4.69) is 10.6 Å². The summed E-state index contributed by atoms with van der Waals surface area (Å²) in [5.41, 5.74) is 4.07. The third-order valence-electron chi connectivity index (χ3n) is 5.99. The van der Waals surface area contributed by atoms with E-state index in [0.717, 1.165) is 22.3 Å². The first-order valence-electron chi connectivity index (χ1n) is 12.0. The molecule has 4 rings (SSSR count). The van der Waals surface area contributed by atoms with E-state index in [1.165, 1.54) is 24.3 Å². The highest BCUT2D eigenvalue weighted by Crippen LogP contribution is 2.44. The Labute approximate surface area is 222 Å². The Kier molecular flexibility index (Phi) is 8.69. The molecule has 0 bridgehead atoms. The lowest BCUT2D eigenvalue weighted by Crippen LogP contribution is -2.45. The van der Waals surface area contributed by atoms with Crippen molar-refractivity contribution in [2.24, 2.45) is 0 Å². The van der Waals surface area contributed by atoms with Gasteiger partial charge in [0.2, 0.25) is 0 Å². The summed E-state index contributed by atoms with van der Waals surface area (Å²) < 4.78 is 15.6. The van der Waals surface area contributed by atoms with Crippen LogP contribution in [0.3, 0.4) is 0 Å². The summed E-state index contributed by atoms with van der Waals surface area (Å²) in [6, 6.07) is 19.3. The van der Waals surface area contributed by atoms with E-state index in [0.29, 0.717) is 0 Å². The minimum absolute atomic E-state index is 0.0108. The number of nitro groups is 1. The Hall–Kier alpha value is -4.97. The van der Waals surface area contributed by atoms with E-state index in [1.807, 2.05) is 48.5 Å².